The van der Waals surface area contributed by atoms with Crippen molar-refractivity contribution >= 4 is 12.1 Å². The van der Waals surface area contributed by atoms with E-state index in [4.69, 9.17) is 9.47 Å². The number of carbonyl (C=O) groups is 2. The van der Waals surface area contributed by atoms with Crippen LogP contribution in [0.5, 0.6) is 0 Å². The molecule has 0 aliphatic heterocycles. The molecule has 0 saturated heterocycles. The summed E-state index contributed by atoms with van der Waals surface area (Å²) in [7, 11) is 1.63. The van der Waals surface area contributed by atoms with Gasteiger partial charge in [0.2, 0.25) is 6.29 Å². The number of carbonyl (C=O) groups excluding carboxylic acids is 2. The Hall–Kier alpha value is -2.11. The van der Waals surface area contributed by atoms with E-state index in [9.17, 15) is 9.59 Å². The highest BCUT2D eigenvalue weighted by molar-refractivity contribution is 5.72. The predicted molar refractivity (Wildman–Crippen MR) is 77.4 cm³/mol. The molecule has 0 bridgehead atoms. The molecule has 6 nitrogen and oxygen atoms in total. The van der Waals surface area contributed by atoms with Gasteiger partial charge >= 0.3 is 12.1 Å². The Morgan fingerprint density at radius 1 is 1.24 bits per heavy atom. The molecule has 0 aromatic carbocycles. The minimum absolute atomic E-state index is 0.256. The van der Waals surface area contributed by atoms with Crippen molar-refractivity contribution < 1.29 is 19.1 Å². The summed E-state index contributed by atoms with van der Waals surface area (Å²) in [6.07, 6.45) is 0.910. The molecule has 1 aromatic rings. The molecule has 6 heteroatoms. The summed E-state index contributed by atoms with van der Waals surface area (Å²) in [6, 6.07) is 5.63. The number of amides is 1. The van der Waals surface area contributed by atoms with Crippen LogP contribution in [0.2, 0.25) is 0 Å². The van der Waals surface area contributed by atoms with Gasteiger partial charge in [-0.05, 0) is 12.1 Å². The molecular formula is C15H22N2O4. The molecule has 0 spiro atoms. The third kappa shape index (κ3) is 6.25. The van der Waals surface area contributed by atoms with Crippen molar-refractivity contribution in [2.45, 2.75) is 33.5 Å². The first-order valence-electron chi connectivity index (χ1n) is 6.92. The average Bonchev–Trinajstić information content (AvgIpc) is 2.45. The SMILES string of the molecule is CC(OC(=O)C(C)C)OC(=O)N(C)CCc1ccccn1. The van der Waals surface area contributed by atoms with Crippen LogP contribution in [-0.4, -0.2) is 41.8 Å². The lowest BCUT2D eigenvalue weighted by molar-refractivity contribution is -0.169. The molecule has 1 rings (SSSR count). The molecule has 0 fully saturated rings. The van der Waals surface area contributed by atoms with E-state index in [0.29, 0.717) is 13.0 Å². The van der Waals surface area contributed by atoms with Gasteiger partial charge in [0, 0.05) is 38.8 Å². The highest BCUT2D eigenvalue weighted by atomic mass is 16.7. The second-order valence-electron chi connectivity index (χ2n) is 5.04. The lowest BCUT2D eigenvalue weighted by Crippen LogP contribution is -2.34. The minimum Gasteiger partial charge on any atom is -0.425 e. The average molecular weight is 294 g/mol. The number of ether oxygens (including phenoxy) is 2. The number of aromatic nitrogens is 1. The maximum absolute atomic E-state index is 11.8. The van der Waals surface area contributed by atoms with Gasteiger partial charge in [-0.2, -0.15) is 0 Å². The number of rotatable bonds is 6. The van der Waals surface area contributed by atoms with Crippen molar-refractivity contribution in [2.75, 3.05) is 13.6 Å². The first-order valence-corrected chi connectivity index (χ1v) is 6.92. The molecule has 0 aliphatic rings. The Morgan fingerprint density at radius 2 is 1.95 bits per heavy atom. The van der Waals surface area contributed by atoms with Crippen LogP contribution in [-0.2, 0) is 20.7 Å². The fraction of sp³-hybridized carbons (Fsp3) is 0.533. The summed E-state index contributed by atoms with van der Waals surface area (Å²) in [5.41, 5.74) is 0.899. The number of nitrogens with zero attached hydrogens (tertiary/aromatic N) is 2. The smallest absolute Gasteiger partial charge is 0.412 e. The van der Waals surface area contributed by atoms with Gasteiger partial charge in [0.05, 0.1) is 5.92 Å². The molecule has 116 valence electrons. The second-order valence-corrected chi connectivity index (χ2v) is 5.04. The summed E-state index contributed by atoms with van der Waals surface area (Å²) < 4.78 is 10.0. The number of likely N-dealkylation sites (N-methyl/N-ethyl adjacent to an activating group) is 1. The Bertz CT molecular complexity index is 462. The van der Waals surface area contributed by atoms with Crippen molar-refractivity contribution in [3.05, 3.63) is 30.1 Å². The minimum atomic E-state index is -0.898. The van der Waals surface area contributed by atoms with Crippen molar-refractivity contribution in [3.63, 3.8) is 0 Å². The molecular weight excluding hydrogens is 272 g/mol. The van der Waals surface area contributed by atoms with E-state index < -0.39 is 18.4 Å². The van der Waals surface area contributed by atoms with Crippen LogP contribution in [0, 0.1) is 5.92 Å². The molecule has 1 atom stereocenters. The largest absolute Gasteiger partial charge is 0.425 e. The zero-order valence-electron chi connectivity index (χ0n) is 12.9. The second kappa shape index (κ2) is 8.24. The molecule has 0 N–H and O–H groups in total. The fourth-order valence-corrected chi connectivity index (χ4v) is 1.48. The van der Waals surface area contributed by atoms with E-state index in [1.165, 1.54) is 11.8 Å². The molecule has 1 aromatic heterocycles. The normalized spacial score (nSPS) is 11.9. The van der Waals surface area contributed by atoms with E-state index in [1.54, 1.807) is 27.1 Å². The number of hydrogen-bond donors (Lipinski definition) is 0. The van der Waals surface area contributed by atoms with Crippen molar-refractivity contribution in [1.29, 1.82) is 0 Å². The van der Waals surface area contributed by atoms with Gasteiger partial charge in [0.15, 0.2) is 0 Å². The van der Waals surface area contributed by atoms with Crippen molar-refractivity contribution in [1.82, 2.24) is 9.88 Å². The summed E-state index contributed by atoms with van der Waals surface area (Å²) in [5, 5.41) is 0. The van der Waals surface area contributed by atoms with Gasteiger partial charge in [0.25, 0.3) is 0 Å². The fourth-order valence-electron chi connectivity index (χ4n) is 1.48. The predicted octanol–water partition coefficient (Wildman–Crippen LogP) is 2.24. The zero-order valence-corrected chi connectivity index (χ0v) is 12.9. The zero-order chi connectivity index (χ0) is 15.8. The standard InChI is InChI=1S/C15H22N2O4/c1-11(2)14(18)20-12(3)21-15(19)17(4)10-8-13-7-5-6-9-16-13/h5-7,9,11-12H,8,10H2,1-4H3. The third-order valence-electron chi connectivity index (χ3n) is 2.76. The Labute approximate surface area is 125 Å². The van der Waals surface area contributed by atoms with Crippen LogP contribution in [0.4, 0.5) is 4.79 Å². The Morgan fingerprint density at radius 3 is 2.52 bits per heavy atom. The highest BCUT2D eigenvalue weighted by Gasteiger charge is 2.18. The van der Waals surface area contributed by atoms with Crippen LogP contribution < -0.4 is 0 Å². The number of hydrogen-bond acceptors (Lipinski definition) is 5. The summed E-state index contributed by atoms with van der Waals surface area (Å²) in [5.74, 6) is -0.653. The Kier molecular flexibility index (Phi) is 6.65. The number of pyridine rings is 1. The molecule has 0 radical (unpaired) electrons. The first-order chi connectivity index (χ1) is 9.90. The first kappa shape index (κ1) is 16.9. The summed E-state index contributed by atoms with van der Waals surface area (Å²) >= 11 is 0. The summed E-state index contributed by atoms with van der Waals surface area (Å²) in [6.45, 7) is 5.43. The van der Waals surface area contributed by atoms with Crippen LogP contribution >= 0.6 is 0 Å². The molecule has 1 heterocycles. The molecule has 1 amide bonds. The van der Waals surface area contributed by atoms with Crippen LogP contribution in [0.15, 0.2) is 24.4 Å². The van der Waals surface area contributed by atoms with E-state index in [1.807, 2.05) is 18.2 Å². The number of esters is 1. The van der Waals surface area contributed by atoms with Crippen LogP contribution in [0.3, 0.4) is 0 Å². The topological polar surface area (TPSA) is 68.7 Å². The third-order valence-corrected chi connectivity index (χ3v) is 2.76. The van der Waals surface area contributed by atoms with Crippen molar-refractivity contribution in [2.24, 2.45) is 5.92 Å². The Balaban J connectivity index is 2.35. The van der Waals surface area contributed by atoms with Crippen LogP contribution in [0.1, 0.15) is 26.5 Å². The lowest BCUT2D eigenvalue weighted by Gasteiger charge is -2.20. The van der Waals surface area contributed by atoms with Gasteiger partial charge in [-0.1, -0.05) is 19.9 Å². The van der Waals surface area contributed by atoms with E-state index in [-0.39, 0.29) is 5.92 Å². The van der Waals surface area contributed by atoms with Gasteiger partial charge in [-0.25, -0.2) is 4.79 Å². The molecule has 1 unspecified atom stereocenters. The lowest BCUT2D eigenvalue weighted by atomic mass is 10.2. The van der Waals surface area contributed by atoms with Gasteiger partial charge in [-0.15, -0.1) is 0 Å². The van der Waals surface area contributed by atoms with E-state index >= 15 is 0 Å². The maximum atomic E-state index is 11.8. The van der Waals surface area contributed by atoms with Crippen LogP contribution in [0.25, 0.3) is 0 Å². The quantitative estimate of drug-likeness (QED) is 0.594. The van der Waals surface area contributed by atoms with Gasteiger partial charge in [-0.3, -0.25) is 9.78 Å². The molecule has 21 heavy (non-hydrogen) atoms. The summed E-state index contributed by atoms with van der Waals surface area (Å²) in [4.78, 5) is 28.8. The van der Waals surface area contributed by atoms with Gasteiger partial charge in [0.1, 0.15) is 0 Å². The van der Waals surface area contributed by atoms with E-state index in [0.717, 1.165) is 5.69 Å². The van der Waals surface area contributed by atoms with Crippen molar-refractivity contribution in [3.8, 4) is 0 Å². The van der Waals surface area contributed by atoms with E-state index in [2.05, 4.69) is 4.98 Å². The monoisotopic (exact) mass is 294 g/mol. The molecule has 0 aliphatic carbocycles. The highest BCUT2D eigenvalue weighted by Crippen LogP contribution is 2.04. The van der Waals surface area contributed by atoms with Gasteiger partial charge < -0.3 is 14.4 Å². The maximum Gasteiger partial charge on any atom is 0.412 e. The molecule has 0 saturated carbocycles.